The van der Waals surface area contributed by atoms with E-state index in [4.69, 9.17) is 33.8 Å². The molecule has 0 bridgehead atoms. The number of phosphoric ester groups is 1. The molecule has 1 fully saturated rings. The molecule has 1 saturated heterocycles. The van der Waals surface area contributed by atoms with E-state index in [0.29, 0.717) is 30.6 Å². The van der Waals surface area contributed by atoms with E-state index < -0.39 is 79.5 Å². The number of aliphatic hydroxyl groups excluding tert-OH is 2. The quantitative estimate of drug-likeness (QED) is 0.0183. The van der Waals surface area contributed by atoms with Gasteiger partial charge in [0, 0.05) is 39.4 Å². The van der Waals surface area contributed by atoms with Gasteiger partial charge in [-0.3, -0.25) is 9.09 Å². The molecule has 5 rings (SSSR count). The van der Waals surface area contributed by atoms with Crippen LogP contribution in [0.25, 0.3) is 11.2 Å². The smallest absolute Gasteiger partial charge is 0.488 e. The van der Waals surface area contributed by atoms with Crippen molar-refractivity contribution in [3.8, 4) is 34.5 Å². The summed E-state index contributed by atoms with van der Waals surface area (Å²) in [4.78, 5) is 36.5. The van der Waals surface area contributed by atoms with Crippen LogP contribution < -0.4 is 16.5 Å². The van der Waals surface area contributed by atoms with E-state index in [1.165, 1.54) is 46.4 Å². The lowest BCUT2D eigenvalue weighted by Gasteiger charge is -2.24. The number of aromatic nitrogens is 4. The number of imidazole rings is 1. The number of benzene rings is 2. The Labute approximate surface area is 353 Å². The monoisotopic (exact) mass is 898 g/mol. The summed E-state index contributed by atoms with van der Waals surface area (Å²) >= 11 is 0. The van der Waals surface area contributed by atoms with Crippen molar-refractivity contribution in [1.82, 2.24) is 35.2 Å². The van der Waals surface area contributed by atoms with Crippen LogP contribution >= 0.6 is 7.82 Å². The van der Waals surface area contributed by atoms with Crippen molar-refractivity contribution < 1.29 is 83.2 Å². The molecule has 1 aliphatic rings. The topological polar surface area (TPSA) is 369 Å². The summed E-state index contributed by atoms with van der Waals surface area (Å²) < 4.78 is 45.5. The maximum Gasteiger partial charge on any atom is 0.488 e. The number of nitrogen functional groups attached to an aromatic ring is 1. The molecule has 0 aliphatic carbocycles. The number of phenols is 6. The Morgan fingerprint density at radius 2 is 1.40 bits per heavy atom. The van der Waals surface area contributed by atoms with Crippen molar-refractivity contribution in [3.63, 3.8) is 0 Å². The number of nitrogens with one attached hydrogen (secondary N) is 2. The first kappa shape index (κ1) is 47.7. The van der Waals surface area contributed by atoms with E-state index in [1.54, 1.807) is 0 Å². The van der Waals surface area contributed by atoms with Crippen LogP contribution in [-0.4, -0.2) is 160 Å². The summed E-state index contributed by atoms with van der Waals surface area (Å²) in [5, 5.41) is 82.5. The van der Waals surface area contributed by atoms with Gasteiger partial charge in [0.15, 0.2) is 52.2 Å². The first-order valence-electron chi connectivity index (χ1n) is 19.2. The number of carbonyl (C=O) groups is 1. The zero-order chi connectivity index (χ0) is 44.8. The molecule has 5 unspecified atom stereocenters. The molecule has 13 N–H and O–H groups in total. The number of phosphoric acid groups is 1. The molecule has 0 saturated carbocycles. The molecule has 1 aliphatic heterocycles. The second-order valence-corrected chi connectivity index (χ2v) is 15.2. The largest absolute Gasteiger partial charge is 0.504 e. The highest BCUT2D eigenvalue weighted by atomic mass is 31.2. The number of nitrogens with zero attached hydrogens (tertiary/aromatic N) is 5. The molecule has 0 radical (unpaired) electrons. The summed E-state index contributed by atoms with van der Waals surface area (Å²) in [6, 6.07) is 4.41. The van der Waals surface area contributed by atoms with E-state index in [2.05, 4.69) is 25.7 Å². The lowest BCUT2D eigenvalue weighted by molar-refractivity contribution is -0.0529. The van der Waals surface area contributed by atoms with Crippen LogP contribution in [0.5, 0.6) is 34.5 Å². The Bertz CT molecular complexity index is 2090. The van der Waals surface area contributed by atoms with Gasteiger partial charge in [-0.05, 0) is 54.7 Å². The van der Waals surface area contributed by atoms with Gasteiger partial charge >= 0.3 is 13.9 Å². The van der Waals surface area contributed by atoms with Gasteiger partial charge in [0.05, 0.1) is 39.4 Å². The van der Waals surface area contributed by atoms with E-state index in [9.17, 15) is 55.1 Å². The first-order valence-corrected chi connectivity index (χ1v) is 20.7. The molecule has 0 spiro atoms. The lowest BCUT2D eigenvalue weighted by atomic mass is 10.1. The van der Waals surface area contributed by atoms with Gasteiger partial charge in [-0.15, -0.1) is 0 Å². The number of carbonyl (C=O) groups excluding carboxylic acids is 1. The summed E-state index contributed by atoms with van der Waals surface area (Å²) in [5.74, 6) is -3.43. The molecule has 25 nitrogen and oxygen atoms in total. The summed E-state index contributed by atoms with van der Waals surface area (Å²) in [6.07, 6.45) is -1.70. The van der Waals surface area contributed by atoms with E-state index >= 15 is 0 Å². The lowest BCUT2D eigenvalue weighted by Crippen LogP contribution is -2.41. The molecule has 26 heteroatoms. The van der Waals surface area contributed by atoms with Crippen molar-refractivity contribution >= 4 is 30.8 Å². The number of hydrogen-bond donors (Lipinski definition) is 12. The Kier molecular flexibility index (Phi) is 17.5. The maximum atomic E-state index is 13.1. The molecular formula is C36H51N8O17P. The number of hydrogen-bond acceptors (Lipinski definition) is 21. The Morgan fingerprint density at radius 3 is 2.03 bits per heavy atom. The van der Waals surface area contributed by atoms with Crippen molar-refractivity contribution in [3.05, 3.63) is 48.0 Å². The first-order chi connectivity index (χ1) is 29.6. The van der Waals surface area contributed by atoms with Crippen molar-refractivity contribution in [1.29, 1.82) is 0 Å². The van der Waals surface area contributed by atoms with Crippen LogP contribution in [0, 0.1) is 0 Å². The number of ether oxygens (including phenoxy) is 4. The zero-order valence-electron chi connectivity index (χ0n) is 33.2. The normalized spacial score (nSPS) is 18.6. The number of phenolic OH excluding ortho intramolecular Hbond substituents is 6. The molecule has 3 heterocycles. The van der Waals surface area contributed by atoms with E-state index in [1.807, 2.05) is 0 Å². The van der Waals surface area contributed by atoms with Gasteiger partial charge in [-0.1, -0.05) is 0 Å². The van der Waals surface area contributed by atoms with E-state index in [-0.39, 0.29) is 82.6 Å². The predicted molar refractivity (Wildman–Crippen MR) is 213 cm³/mol. The Balaban J connectivity index is 0.876. The molecule has 62 heavy (non-hydrogen) atoms. The summed E-state index contributed by atoms with van der Waals surface area (Å²) in [5.41, 5.74) is 9.40. The fraction of sp³-hybridized carbons (Fsp3) is 0.500. The minimum Gasteiger partial charge on any atom is -0.504 e. The molecule has 2 amide bonds. The third-order valence-corrected chi connectivity index (χ3v) is 10.1. The van der Waals surface area contributed by atoms with Crippen LogP contribution in [0.1, 0.15) is 30.2 Å². The number of aromatic hydroxyl groups is 6. The van der Waals surface area contributed by atoms with Crippen LogP contribution in [0.3, 0.4) is 0 Å². The number of fused-ring (bicyclic) bond motifs is 1. The number of hydroxylamine groups is 1. The number of anilines is 1. The third kappa shape index (κ3) is 13.3. The average molecular weight is 899 g/mol. The maximum absolute atomic E-state index is 13.1. The molecule has 2 aromatic heterocycles. The van der Waals surface area contributed by atoms with Crippen molar-refractivity contribution in [2.75, 3.05) is 71.6 Å². The van der Waals surface area contributed by atoms with Crippen LogP contribution in [-0.2, 0) is 45.6 Å². The second kappa shape index (κ2) is 22.7. The van der Waals surface area contributed by atoms with Crippen LogP contribution in [0.2, 0.25) is 0 Å². The summed E-state index contributed by atoms with van der Waals surface area (Å²) in [6.45, 7) is 1.49. The fourth-order valence-corrected chi connectivity index (χ4v) is 6.68. The Morgan fingerprint density at radius 1 is 0.823 bits per heavy atom. The molecule has 2 aromatic carbocycles. The number of urea groups is 1. The molecule has 5 atom stereocenters. The summed E-state index contributed by atoms with van der Waals surface area (Å²) in [7, 11) is -4.62. The molecule has 4 aromatic rings. The van der Waals surface area contributed by atoms with Crippen molar-refractivity contribution in [2.45, 2.75) is 50.3 Å². The minimum absolute atomic E-state index is 0.0731. The fourth-order valence-electron chi connectivity index (χ4n) is 6.04. The second-order valence-electron chi connectivity index (χ2n) is 13.8. The third-order valence-electron chi connectivity index (χ3n) is 9.22. The van der Waals surface area contributed by atoms with E-state index in [0.717, 1.165) is 0 Å². The van der Waals surface area contributed by atoms with Crippen molar-refractivity contribution in [2.24, 2.45) is 0 Å². The van der Waals surface area contributed by atoms with Gasteiger partial charge in [-0.25, -0.2) is 24.3 Å². The standard InChI is InChI=1S/C36H51N8O17P/c37-33-28-34(40-19-39-33)44(20-41-28)35-32(52)31(51)27(60-35)18-59-62(54,55)61-42-5-2-8-57-10-12-58-11-9-56-7-1-4-38-36(53)43(17-22-15-25(47)30(50)26(48)16-22)6-3-21-13-23(45)29(49)24(46)14-21/h13-16,19-20,27,31-32,35,42,45-52H,1-12,17-18H2,(H,38,53)(H,54,55)(H2,37,39,40). The number of rotatable bonds is 25. The number of aliphatic hydroxyl groups is 2. The highest BCUT2D eigenvalue weighted by Gasteiger charge is 2.45. The minimum atomic E-state index is -4.62. The number of amides is 2. The van der Waals surface area contributed by atoms with Crippen LogP contribution in [0.15, 0.2) is 36.9 Å². The van der Waals surface area contributed by atoms with Gasteiger partial charge in [0.25, 0.3) is 0 Å². The predicted octanol–water partition coefficient (Wildman–Crippen LogP) is 0.184. The average Bonchev–Trinajstić information content (AvgIpc) is 3.79. The zero-order valence-corrected chi connectivity index (χ0v) is 34.1. The SMILES string of the molecule is Nc1ncnc2c1ncn2C1OC(COP(=O)(O)ONCCCOCCOCCOCCCNC(=O)N(CCc2cc(O)c(O)c(O)c2)Cc2cc(O)c(O)c(O)c2)C(O)C1O. The molecular weight excluding hydrogens is 847 g/mol. The number of nitrogens with two attached hydrogens (primary N) is 1. The van der Waals surface area contributed by atoms with Gasteiger partial charge < -0.3 is 80.6 Å². The van der Waals surface area contributed by atoms with Gasteiger partial charge in [0.1, 0.15) is 30.2 Å². The highest BCUT2D eigenvalue weighted by molar-refractivity contribution is 7.47. The highest BCUT2D eigenvalue weighted by Crippen LogP contribution is 2.43. The van der Waals surface area contributed by atoms with Gasteiger partial charge in [0.2, 0.25) is 0 Å². The van der Waals surface area contributed by atoms with Crippen LogP contribution in [0.4, 0.5) is 10.6 Å². The Hall–Kier alpha value is -5.31. The van der Waals surface area contributed by atoms with Gasteiger partial charge in [-0.2, -0.15) is 10.1 Å². The molecule has 342 valence electrons.